The number of carbonyl (C=O) groups is 1. The molecule has 0 saturated heterocycles. The zero-order valence-electron chi connectivity index (χ0n) is 24.5. The van der Waals surface area contributed by atoms with Crippen LogP contribution in [0.1, 0.15) is 58.8 Å². The highest BCUT2D eigenvalue weighted by molar-refractivity contribution is 5.95. The molecule has 1 fully saturated rings. The number of carboxylic acid groups (broad SMARTS) is 1. The third-order valence-corrected chi connectivity index (χ3v) is 7.97. The van der Waals surface area contributed by atoms with E-state index in [4.69, 9.17) is 23.6 Å². The van der Waals surface area contributed by atoms with Crippen LogP contribution in [0.2, 0.25) is 0 Å². The summed E-state index contributed by atoms with van der Waals surface area (Å²) in [6, 6.07) is 25.3. The molecule has 8 nitrogen and oxygen atoms in total. The second-order valence-electron chi connectivity index (χ2n) is 11.2. The zero-order valence-corrected chi connectivity index (χ0v) is 24.5. The second kappa shape index (κ2) is 12.9. The van der Waals surface area contributed by atoms with Crippen LogP contribution < -0.4 is 4.74 Å². The fraction of sp³-hybridized carbons (Fsp3) is 0.314. The average Bonchev–Trinajstić information content (AvgIpc) is 3.58. The van der Waals surface area contributed by atoms with Crippen LogP contribution >= 0.6 is 0 Å². The molecule has 0 unspecified atom stereocenters. The summed E-state index contributed by atoms with van der Waals surface area (Å²) in [5.74, 6) is 1.05. The number of rotatable bonds is 11. The lowest BCUT2D eigenvalue weighted by Gasteiger charge is -2.29. The number of aromatic nitrogens is 2. The van der Waals surface area contributed by atoms with E-state index < -0.39 is 5.97 Å². The van der Waals surface area contributed by atoms with Crippen molar-refractivity contribution in [2.75, 3.05) is 0 Å². The van der Waals surface area contributed by atoms with Crippen LogP contribution in [0.4, 0.5) is 0 Å². The van der Waals surface area contributed by atoms with Crippen molar-refractivity contribution in [3.8, 4) is 17.2 Å². The molecule has 6 rings (SSSR count). The fourth-order valence-electron chi connectivity index (χ4n) is 5.64. The monoisotopic (exact) mass is 580 g/mol. The topological polar surface area (TPSA) is 96.0 Å². The van der Waals surface area contributed by atoms with E-state index in [1.807, 2.05) is 80.6 Å². The molecule has 1 aliphatic carbocycles. The zero-order chi connectivity index (χ0) is 29.8. The third kappa shape index (κ3) is 6.82. The molecule has 1 aliphatic rings. The molecule has 0 amide bonds. The first-order valence-electron chi connectivity index (χ1n) is 14.7. The first-order valence-corrected chi connectivity index (χ1v) is 14.7. The maximum atomic E-state index is 12.1. The maximum Gasteiger partial charge on any atom is 0.352 e. The summed E-state index contributed by atoms with van der Waals surface area (Å²) in [5.41, 5.74) is 4.95. The standard InChI is InChI=1S/C35H36N2O6/c1-23-8-6-11-26(16-23)34-36-31(24(2)43-34)21-41-28-12-7-13-29(19-28)42-22-37-32-15-14-30(17-27(32)18-33(37)35(38)39)40-20-25-9-4-3-5-10-25/h3-6,8-11,14-18,28-29H,7,12-13,19-22H2,1-2H3,(H,38,39)/t28-,29+/m0/s1. The molecule has 222 valence electrons. The Hall–Kier alpha value is -4.40. The van der Waals surface area contributed by atoms with Gasteiger partial charge in [-0.05, 0) is 81.5 Å². The van der Waals surface area contributed by atoms with Crippen LogP contribution in [-0.2, 0) is 29.4 Å². The lowest BCUT2D eigenvalue weighted by atomic mass is 9.95. The molecule has 0 radical (unpaired) electrons. The van der Waals surface area contributed by atoms with Crippen LogP contribution in [0.15, 0.2) is 83.3 Å². The molecule has 1 saturated carbocycles. The van der Waals surface area contributed by atoms with E-state index in [2.05, 4.69) is 6.07 Å². The predicted molar refractivity (Wildman–Crippen MR) is 163 cm³/mol. The van der Waals surface area contributed by atoms with Gasteiger partial charge in [-0.25, -0.2) is 9.78 Å². The summed E-state index contributed by atoms with van der Waals surface area (Å²) in [6.45, 7) is 4.92. The van der Waals surface area contributed by atoms with Gasteiger partial charge in [-0.1, -0.05) is 48.0 Å². The largest absolute Gasteiger partial charge is 0.489 e. The van der Waals surface area contributed by atoms with E-state index in [0.717, 1.165) is 64.7 Å². The number of benzene rings is 3. The van der Waals surface area contributed by atoms with Gasteiger partial charge < -0.3 is 28.3 Å². The minimum absolute atomic E-state index is 0.0296. The van der Waals surface area contributed by atoms with Crippen molar-refractivity contribution in [1.82, 2.24) is 9.55 Å². The van der Waals surface area contributed by atoms with Crippen molar-refractivity contribution >= 4 is 16.9 Å². The van der Waals surface area contributed by atoms with Gasteiger partial charge in [0.05, 0.1) is 24.3 Å². The molecule has 8 heteroatoms. The summed E-state index contributed by atoms with van der Waals surface area (Å²) in [4.78, 5) is 16.8. The molecular formula is C35H36N2O6. The first kappa shape index (κ1) is 28.7. The van der Waals surface area contributed by atoms with Crippen LogP contribution in [0.25, 0.3) is 22.4 Å². The van der Waals surface area contributed by atoms with Crippen molar-refractivity contribution in [2.45, 2.75) is 71.7 Å². The van der Waals surface area contributed by atoms with E-state index in [9.17, 15) is 9.90 Å². The minimum Gasteiger partial charge on any atom is -0.489 e. The molecule has 2 atom stereocenters. The molecule has 2 heterocycles. The molecule has 5 aromatic rings. The van der Waals surface area contributed by atoms with E-state index >= 15 is 0 Å². The van der Waals surface area contributed by atoms with Gasteiger partial charge in [-0.3, -0.25) is 0 Å². The van der Waals surface area contributed by atoms with Crippen LogP contribution in [0.5, 0.6) is 5.75 Å². The fourth-order valence-corrected chi connectivity index (χ4v) is 5.64. The second-order valence-corrected chi connectivity index (χ2v) is 11.2. The Bertz CT molecular complexity index is 1710. The van der Waals surface area contributed by atoms with Crippen molar-refractivity contribution in [3.05, 3.63) is 107 Å². The van der Waals surface area contributed by atoms with Gasteiger partial charge in [0.15, 0.2) is 0 Å². The van der Waals surface area contributed by atoms with Crippen molar-refractivity contribution in [1.29, 1.82) is 0 Å². The molecule has 2 aromatic heterocycles. The van der Waals surface area contributed by atoms with Crippen molar-refractivity contribution in [3.63, 3.8) is 0 Å². The highest BCUT2D eigenvalue weighted by Gasteiger charge is 2.25. The van der Waals surface area contributed by atoms with Gasteiger partial charge in [0, 0.05) is 10.9 Å². The van der Waals surface area contributed by atoms with Crippen molar-refractivity contribution in [2.24, 2.45) is 0 Å². The van der Waals surface area contributed by atoms with E-state index in [1.165, 1.54) is 0 Å². The number of carboxylic acids is 1. The predicted octanol–water partition coefficient (Wildman–Crippen LogP) is 7.69. The van der Waals surface area contributed by atoms with Gasteiger partial charge in [0.1, 0.15) is 36.2 Å². The van der Waals surface area contributed by atoms with E-state index in [0.29, 0.717) is 24.9 Å². The number of aryl methyl sites for hydroxylation is 2. The highest BCUT2D eigenvalue weighted by atomic mass is 16.5. The molecule has 3 aromatic carbocycles. The smallest absolute Gasteiger partial charge is 0.352 e. The molecule has 0 bridgehead atoms. The minimum atomic E-state index is -0.996. The number of aromatic carboxylic acids is 1. The number of hydrogen-bond acceptors (Lipinski definition) is 6. The number of oxazole rings is 1. The summed E-state index contributed by atoms with van der Waals surface area (Å²) < 4.78 is 26.2. The van der Waals surface area contributed by atoms with Crippen LogP contribution in [-0.4, -0.2) is 32.8 Å². The van der Waals surface area contributed by atoms with Crippen molar-refractivity contribution < 1.29 is 28.5 Å². The van der Waals surface area contributed by atoms with Gasteiger partial charge in [-0.15, -0.1) is 0 Å². The van der Waals surface area contributed by atoms with Gasteiger partial charge in [0.2, 0.25) is 5.89 Å². The highest BCUT2D eigenvalue weighted by Crippen LogP contribution is 2.29. The Morgan fingerprint density at radius 3 is 2.56 bits per heavy atom. The van der Waals surface area contributed by atoms with E-state index in [-0.39, 0.29) is 24.6 Å². The molecule has 0 aliphatic heterocycles. The van der Waals surface area contributed by atoms with Gasteiger partial charge in [-0.2, -0.15) is 0 Å². The maximum absolute atomic E-state index is 12.1. The summed E-state index contributed by atoms with van der Waals surface area (Å²) in [7, 11) is 0. The third-order valence-electron chi connectivity index (χ3n) is 7.97. The Balaban J connectivity index is 1.07. The van der Waals surface area contributed by atoms with Crippen LogP contribution in [0.3, 0.4) is 0 Å². The Labute approximate surface area is 250 Å². The normalized spacial score (nSPS) is 16.9. The lowest BCUT2D eigenvalue weighted by Crippen LogP contribution is -2.29. The van der Waals surface area contributed by atoms with Gasteiger partial charge >= 0.3 is 5.97 Å². The lowest BCUT2D eigenvalue weighted by molar-refractivity contribution is -0.0687. The Kier molecular flexibility index (Phi) is 8.58. The molecule has 1 N–H and O–H groups in total. The number of ether oxygens (including phenoxy) is 3. The Morgan fingerprint density at radius 1 is 0.953 bits per heavy atom. The Morgan fingerprint density at radius 2 is 1.77 bits per heavy atom. The SMILES string of the molecule is Cc1cccc(-c2nc(CO[C@H]3CCC[C@@H](OCn4c(C(=O)O)cc5cc(OCc6ccccc6)ccc54)C3)c(C)o2)c1. The van der Waals surface area contributed by atoms with E-state index in [1.54, 1.807) is 10.6 Å². The average molecular weight is 581 g/mol. The summed E-state index contributed by atoms with van der Waals surface area (Å²) in [6.07, 6.45) is 3.55. The summed E-state index contributed by atoms with van der Waals surface area (Å²) >= 11 is 0. The number of hydrogen-bond donors (Lipinski definition) is 1. The summed E-state index contributed by atoms with van der Waals surface area (Å²) in [5, 5.41) is 10.7. The molecular weight excluding hydrogens is 544 g/mol. The molecule has 0 spiro atoms. The molecule has 43 heavy (non-hydrogen) atoms. The number of fused-ring (bicyclic) bond motifs is 1. The van der Waals surface area contributed by atoms with Crippen LogP contribution in [0, 0.1) is 13.8 Å². The first-order chi connectivity index (χ1) is 20.9. The van der Waals surface area contributed by atoms with Gasteiger partial charge in [0.25, 0.3) is 0 Å². The number of nitrogens with zero attached hydrogens (tertiary/aromatic N) is 2. The quantitative estimate of drug-likeness (QED) is 0.171.